The number of pyridine rings is 1. The summed E-state index contributed by atoms with van der Waals surface area (Å²) in [6, 6.07) is 5.20. The van der Waals surface area contributed by atoms with E-state index in [1.165, 1.54) is 34.9 Å². The van der Waals surface area contributed by atoms with Crippen LogP contribution < -0.4 is 5.32 Å². The monoisotopic (exact) mass is 378 g/mol. The van der Waals surface area contributed by atoms with Crippen molar-refractivity contribution < 1.29 is 14.3 Å². The third kappa shape index (κ3) is 4.19. The number of anilines is 1. The Labute approximate surface area is 155 Å². The first-order valence-electron chi connectivity index (χ1n) is 8.18. The number of hydrogen-bond donors (Lipinski definition) is 1. The largest absolute Gasteiger partial charge is 0.448 e. The molecule has 3 rings (SSSR count). The number of aryl methyl sites for hydroxylation is 1. The number of aromatic nitrogens is 1. The van der Waals surface area contributed by atoms with E-state index in [0.29, 0.717) is 16.5 Å². The van der Waals surface area contributed by atoms with Gasteiger partial charge in [-0.25, -0.2) is 9.78 Å². The summed E-state index contributed by atoms with van der Waals surface area (Å²) in [5.74, 6) is -0.273. The molecule has 132 valence electrons. The van der Waals surface area contributed by atoms with Crippen molar-refractivity contribution in [1.29, 1.82) is 0 Å². The van der Waals surface area contributed by atoms with Gasteiger partial charge in [-0.15, -0.1) is 11.3 Å². The van der Waals surface area contributed by atoms with Crippen LogP contribution in [0.15, 0.2) is 24.4 Å². The van der Waals surface area contributed by atoms with Gasteiger partial charge in [0.2, 0.25) is 0 Å². The molecule has 1 amide bonds. The second kappa shape index (κ2) is 7.54. The molecule has 2 atom stereocenters. The molecule has 0 saturated carbocycles. The minimum Gasteiger partial charge on any atom is -0.448 e. The van der Waals surface area contributed by atoms with Crippen molar-refractivity contribution in [2.75, 3.05) is 5.32 Å². The van der Waals surface area contributed by atoms with E-state index in [-0.39, 0.29) is 5.15 Å². The quantitative estimate of drug-likeness (QED) is 0.642. The Kier molecular flexibility index (Phi) is 5.39. The van der Waals surface area contributed by atoms with Crippen molar-refractivity contribution in [2.45, 2.75) is 39.2 Å². The van der Waals surface area contributed by atoms with Crippen LogP contribution in [0.25, 0.3) is 0 Å². The lowest BCUT2D eigenvalue weighted by atomic mass is 9.90. The molecule has 1 aliphatic carbocycles. The highest BCUT2D eigenvalue weighted by Crippen LogP contribution is 2.32. The van der Waals surface area contributed by atoms with Crippen LogP contribution in [-0.2, 0) is 22.4 Å². The number of nitrogens with zero attached hydrogens (tertiary/aromatic N) is 1. The lowest BCUT2D eigenvalue weighted by Gasteiger charge is -2.16. The van der Waals surface area contributed by atoms with Crippen molar-refractivity contribution in [3.8, 4) is 0 Å². The number of carbonyl (C=O) groups excluding carboxylic acids is 2. The lowest BCUT2D eigenvalue weighted by molar-refractivity contribution is -0.123. The average Bonchev–Trinajstić information content (AvgIpc) is 3.00. The first kappa shape index (κ1) is 17.9. The summed E-state index contributed by atoms with van der Waals surface area (Å²) in [7, 11) is 0. The van der Waals surface area contributed by atoms with Crippen LogP contribution in [0.3, 0.4) is 0 Å². The zero-order valence-corrected chi connectivity index (χ0v) is 15.6. The van der Waals surface area contributed by atoms with Gasteiger partial charge in [0.1, 0.15) is 4.88 Å². The van der Waals surface area contributed by atoms with Crippen LogP contribution in [0.4, 0.5) is 5.69 Å². The maximum atomic E-state index is 12.3. The Balaban J connectivity index is 1.62. The number of esters is 1. The minimum atomic E-state index is -0.929. The van der Waals surface area contributed by atoms with Crippen LogP contribution in [0.1, 0.15) is 40.4 Å². The molecule has 1 aliphatic rings. The standard InChI is InChI=1S/C18H19ClN2O3S/c1-10-5-6-14-12(8-10)9-15(25-14)18(23)24-11(2)17(22)21-13-4-3-7-20-16(13)19/h3-4,7,9-11H,5-6,8H2,1-2H3,(H,21,22)/t10-,11-/m0/s1. The Morgan fingerprint density at radius 2 is 2.28 bits per heavy atom. The van der Waals surface area contributed by atoms with Gasteiger partial charge in [-0.1, -0.05) is 18.5 Å². The number of fused-ring (bicyclic) bond motifs is 1. The van der Waals surface area contributed by atoms with E-state index in [0.717, 1.165) is 19.3 Å². The number of nitrogens with one attached hydrogen (secondary N) is 1. The molecule has 1 N–H and O–H groups in total. The first-order valence-corrected chi connectivity index (χ1v) is 9.37. The SMILES string of the molecule is C[C@H]1CCc2sc(C(=O)O[C@@H](C)C(=O)Nc3cccnc3Cl)cc2C1. The summed E-state index contributed by atoms with van der Waals surface area (Å²) in [6.45, 7) is 3.75. The van der Waals surface area contributed by atoms with E-state index in [1.807, 2.05) is 6.07 Å². The van der Waals surface area contributed by atoms with Gasteiger partial charge in [-0.2, -0.15) is 0 Å². The number of ether oxygens (including phenoxy) is 1. The normalized spacial score (nSPS) is 17.5. The predicted octanol–water partition coefficient (Wildman–Crippen LogP) is 4.11. The number of thiophene rings is 1. The molecule has 2 heterocycles. The summed E-state index contributed by atoms with van der Waals surface area (Å²) in [4.78, 5) is 30.2. The molecule has 0 spiro atoms. The topological polar surface area (TPSA) is 68.3 Å². The van der Waals surface area contributed by atoms with Crippen LogP contribution >= 0.6 is 22.9 Å². The maximum Gasteiger partial charge on any atom is 0.349 e. The van der Waals surface area contributed by atoms with Crippen molar-refractivity contribution in [2.24, 2.45) is 5.92 Å². The predicted molar refractivity (Wildman–Crippen MR) is 98.3 cm³/mol. The Hall–Kier alpha value is -1.92. The number of hydrogen-bond acceptors (Lipinski definition) is 5. The number of halogens is 1. The van der Waals surface area contributed by atoms with E-state index in [4.69, 9.17) is 16.3 Å². The number of carbonyl (C=O) groups is 2. The van der Waals surface area contributed by atoms with Crippen molar-refractivity contribution >= 4 is 40.5 Å². The summed E-state index contributed by atoms with van der Waals surface area (Å²) < 4.78 is 5.31. The fraction of sp³-hybridized carbons (Fsp3) is 0.389. The van der Waals surface area contributed by atoms with E-state index in [9.17, 15) is 9.59 Å². The summed E-state index contributed by atoms with van der Waals surface area (Å²) in [6.07, 6.45) is 3.74. The Morgan fingerprint density at radius 1 is 1.48 bits per heavy atom. The van der Waals surface area contributed by atoms with Crippen LogP contribution in [0, 0.1) is 5.92 Å². The van der Waals surface area contributed by atoms with Gasteiger partial charge in [-0.3, -0.25) is 4.79 Å². The fourth-order valence-electron chi connectivity index (χ4n) is 2.79. The summed E-state index contributed by atoms with van der Waals surface area (Å²) >= 11 is 7.38. The zero-order chi connectivity index (χ0) is 18.0. The molecule has 2 aromatic heterocycles. The van der Waals surface area contributed by atoms with E-state index in [1.54, 1.807) is 12.1 Å². The second-order valence-electron chi connectivity index (χ2n) is 6.29. The van der Waals surface area contributed by atoms with Crippen LogP contribution in [0.5, 0.6) is 0 Å². The van der Waals surface area contributed by atoms with Gasteiger partial charge in [-0.05, 0) is 55.9 Å². The Bertz CT molecular complexity index is 805. The maximum absolute atomic E-state index is 12.3. The fourth-order valence-corrected chi connectivity index (χ4v) is 4.05. The number of rotatable bonds is 4. The second-order valence-corrected chi connectivity index (χ2v) is 7.78. The first-order chi connectivity index (χ1) is 11.9. The molecule has 7 heteroatoms. The van der Waals surface area contributed by atoms with Gasteiger partial charge >= 0.3 is 5.97 Å². The number of amides is 1. The molecule has 0 saturated heterocycles. The molecule has 0 fully saturated rings. The highest BCUT2D eigenvalue weighted by Gasteiger charge is 2.24. The van der Waals surface area contributed by atoms with Gasteiger partial charge in [0.25, 0.3) is 5.91 Å². The van der Waals surface area contributed by atoms with Gasteiger partial charge in [0.15, 0.2) is 11.3 Å². The molecule has 0 radical (unpaired) electrons. The third-order valence-corrected chi connectivity index (χ3v) is 5.72. The molecule has 2 aromatic rings. The van der Waals surface area contributed by atoms with Crippen LogP contribution in [0.2, 0.25) is 5.15 Å². The Morgan fingerprint density at radius 3 is 3.04 bits per heavy atom. The van der Waals surface area contributed by atoms with Crippen molar-refractivity contribution in [3.05, 3.63) is 44.9 Å². The lowest BCUT2D eigenvalue weighted by Crippen LogP contribution is -2.30. The summed E-state index contributed by atoms with van der Waals surface area (Å²) in [5.41, 5.74) is 1.62. The van der Waals surface area contributed by atoms with E-state index < -0.39 is 18.0 Å². The highest BCUT2D eigenvalue weighted by atomic mass is 35.5. The molecule has 0 unspecified atom stereocenters. The average molecular weight is 379 g/mol. The third-order valence-electron chi connectivity index (χ3n) is 4.20. The molecule has 5 nitrogen and oxygen atoms in total. The van der Waals surface area contributed by atoms with Gasteiger partial charge in [0.05, 0.1) is 5.69 Å². The van der Waals surface area contributed by atoms with Gasteiger partial charge < -0.3 is 10.1 Å². The zero-order valence-electron chi connectivity index (χ0n) is 14.0. The molecule has 0 aliphatic heterocycles. The minimum absolute atomic E-state index is 0.189. The highest BCUT2D eigenvalue weighted by molar-refractivity contribution is 7.14. The molecular formula is C18H19ClN2O3S. The molecule has 0 bridgehead atoms. The van der Waals surface area contributed by atoms with Gasteiger partial charge in [0, 0.05) is 11.1 Å². The molecular weight excluding hydrogens is 360 g/mol. The van der Waals surface area contributed by atoms with Crippen LogP contribution in [-0.4, -0.2) is 23.0 Å². The van der Waals surface area contributed by atoms with E-state index in [2.05, 4.69) is 17.2 Å². The smallest absolute Gasteiger partial charge is 0.349 e. The van der Waals surface area contributed by atoms with E-state index >= 15 is 0 Å². The van der Waals surface area contributed by atoms with Crippen molar-refractivity contribution in [3.63, 3.8) is 0 Å². The summed E-state index contributed by atoms with van der Waals surface area (Å²) in [5, 5.41) is 2.80. The van der Waals surface area contributed by atoms with Crippen molar-refractivity contribution in [1.82, 2.24) is 4.98 Å². The molecule has 25 heavy (non-hydrogen) atoms. The molecule has 0 aromatic carbocycles.